The number of nitrogens with zero attached hydrogens (tertiary/aromatic N) is 2. The average molecular weight is 526 g/mol. The van der Waals surface area contributed by atoms with E-state index in [2.05, 4.69) is 24.5 Å². The number of guanidine groups is 1. The number of aliphatic hydroxyl groups excluding tert-OH is 1. The van der Waals surface area contributed by atoms with Gasteiger partial charge in [-0.1, -0.05) is 19.9 Å². The van der Waals surface area contributed by atoms with Crippen LogP contribution in [-0.4, -0.2) is 56.3 Å². The van der Waals surface area contributed by atoms with E-state index in [0.717, 1.165) is 12.8 Å². The topological polar surface area (TPSA) is 59.9 Å². The van der Waals surface area contributed by atoms with Gasteiger partial charge in [-0.15, -0.1) is 24.0 Å². The Bertz CT molecular complexity index is 604. The van der Waals surface area contributed by atoms with Crippen LogP contribution in [-0.2, 0) is 0 Å². The predicted molar refractivity (Wildman–Crippen MR) is 127 cm³/mol. The molecule has 1 aromatic carbocycles. The third-order valence-electron chi connectivity index (χ3n) is 5.48. The molecule has 8 heteroatoms. The van der Waals surface area contributed by atoms with Crippen LogP contribution in [0.2, 0.25) is 0 Å². The highest BCUT2D eigenvalue weighted by Gasteiger charge is 2.26. The Hall–Kier alpha value is -1.000. The summed E-state index contributed by atoms with van der Waals surface area (Å²) < 4.78 is 28.5. The van der Waals surface area contributed by atoms with Crippen LogP contribution < -0.4 is 10.6 Å². The van der Waals surface area contributed by atoms with E-state index in [-0.39, 0.29) is 41.6 Å². The van der Waals surface area contributed by atoms with Crippen molar-refractivity contribution >= 4 is 29.9 Å². The van der Waals surface area contributed by atoms with Gasteiger partial charge in [-0.25, -0.2) is 8.78 Å². The van der Waals surface area contributed by atoms with Crippen LogP contribution >= 0.6 is 24.0 Å². The molecule has 0 spiro atoms. The van der Waals surface area contributed by atoms with E-state index >= 15 is 0 Å². The molecule has 0 fully saturated rings. The number of hydrogen-bond acceptors (Lipinski definition) is 3. The Morgan fingerprint density at radius 1 is 1.14 bits per heavy atom. The zero-order chi connectivity index (χ0) is 21.2. The van der Waals surface area contributed by atoms with E-state index < -0.39 is 17.7 Å². The van der Waals surface area contributed by atoms with E-state index in [0.29, 0.717) is 32.0 Å². The van der Waals surface area contributed by atoms with E-state index in [1.54, 1.807) is 19.0 Å². The highest BCUT2D eigenvalue weighted by Crippen LogP contribution is 2.30. The molecule has 0 aliphatic rings. The Balaban J connectivity index is 0.00000784. The van der Waals surface area contributed by atoms with Gasteiger partial charge in [-0.3, -0.25) is 4.99 Å². The minimum atomic E-state index is -0.554. The molecule has 0 aromatic heterocycles. The number of halogens is 3. The maximum absolute atomic E-state index is 14.3. The van der Waals surface area contributed by atoms with Crippen molar-refractivity contribution in [2.75, 3.05) is 40.3 Å². The number of aliphatic imine (C=N–C) groups is 1. The second kappa shape index (κ2) is 14.1. The Labute approximate surface area is 191 Å². The monoisotopic (exact) mass is 526 g/mol. The number of hydrogen-bond donors (Lipinski definition) is 3. The molecule has 5 nitrogen and oxygen atoms in total. The molecule has 1 rings (SSSR count). The first kappa shape index (κ1) is 28.0. The Morgan fingerprint density at radius 3 is 2.17 bits per heavy atom. The van der Waals surface area contributed by atoms with Gasteiger partial charge >= 0.3 is 0 Å². The minimum absolute atomic E-state index is 0. The Morgan fingerprint density at radius 2 is 1.72 bits per heavy atom. The van der Waals surface area contributed by atoms with Crippen molar-refractivity contribution in [1.82, 2.24) is 15.5 Å². The molecule has 0 heterocycles. The molecule has 29 heavy (non-hydrogen) atoms. The number of nitrogens with one attached hydrogen (secondary N) is 2. The van der Waals surface area contributed by atoms with Crippen LogP contribution in [0.4, 0.5) is 8.78 Å². The summed E-state index contributed by atoms with van der Waals surface area (Å²) in [6.45, 7) is 7.89. The van der Waals surface area contributed by atoms with Crippen molar-refractivity contribution < 1.29 is 13.9 Å². The van der Waals surface area contributed by atoms with Gasteiger partial charge in [-0.2, -0.15) is 0 Å². The highest BCUT2D eigenvalue weighted by atomic mass is 127. The molecule has 0 bridgehead atoms. The fourth-order valence-electron chi connectivity index (χ4n) is 3.30. The predicted octanol–water partition coefficient (Wildman–Crippen LogP) is 3.93. The molecule has 0 radical (unpaired) electrons. The maximum atomic E-state index is 14.3. The number of aliphatic hydroxyl groups is 1. The SMILES string of the molecule is CCNC(=NCC(CC)(CC)CCO)NCC(c1c(F)cccc1F)N(C)C.I. The third-order valence-corrected chi connectivity index (χ3v) is 5.48. The van der Waals surface area contributed by atoms with Crippen LogP contribution in [0.15, 0.2) is 23.2 Å². The Kier molecular flexibility index (Phi) is 13.6. The largest absolute Gasteiger partial charge is 0.396 e. The third kappa shape index (κ3) is 8.33. The van der Waals surface area contributed by atoms with Gasteiger partial charge in [0, 0.05) is 31.8 Å². The van der Waals surface area contributed by atoms with Gasteiger partial charge in [-0.05, 0) is 57.8 Å². The molecular weight excluding hydrogens is 489 g/mol. The van der Waals surface area contributed by atoms with Crippen LogP contribution in [0, 0.1) is 17.0 Å². The van der Waals surface area contributed by atoms with Crippen molar-refractivity contribution in [2.24, 2.45) is 10.4 Å². The smallest absolute Gasteiger partial charge is 0.191 e. The summed E-state index contributed by atoms with van der Waals surface area (Å²) >= 11 is 0. The van der Waals surface area contributed by atoms with Crippen LogP contribution in [0.25, 0.3) is 0 Å². The highest BCUT2D eigenvalue weighted by molar-refractivity contribution is 14.0. The summed E-state index contributed by atoms with van der Waals surface area (Å²) in [6.07, 6.45) is 2.55. The van der Waals surface area contributed by atoms with Crippen molar-refractivity contribution in [1.29, 1.82) is 0 Å². The van der Waals surface area contributed by atoms with Gasteiger partial charge in [0.05, 0.1) is 6.04 Å². The lowest BCUT2D eigenvalue weighted by molar-refractivity contribution is 0.175. The van der Waals surface area contributed by atoms with E-state index in [1.807, 2.05) is 6.92 Å². The summed E-state index contributed by atoms with van der Waals surface area (Å²) in [7, 11) is 3.59. The number of rotatable bonds is 11. The molecule has 1 aromatic rings. The lowest BCUT2D eigenvalue weighted by atomic mass is 9.79. The summed E-state index contributed by atoms with van der Waals surface area (Å²) in [5, 5.41) is 15.8. The van der Waals surface area contributed by atoms with Crippen molar-refractivity contribution in [3.63, 3.8) is 0 Å². The molecule has 0 aliphatic heterocycles. The first-order valence-corrected chi connectivity index (χ1v) is 10.1. The zero-order valence-electron chi connectivity index (χ0n) is 18.3. The second-order valence-corrected chi connectivity index (χ2v) is 7.37. The molecule has 0 saturated heterocycles. The standard InChI is InChI=1S/C21H36F2N4O.HI/c1-6-21(7-2,12-13-28)15-26-20(24-8-3)25-14-18(27(4)5)19-16(22)10-9-11-17(19)23;/h9-11,18,28H,6-8,12-15H2,1-5H3,(H2,24,25,26);1H. The quantitative estimate of drug-likeness (QED) is 0.233. The fraction of sp³-hybridized carbons (Fsp3) is 0.667. The van der Waals surface area contributed by atoms with Crippen molar-refractivity contribution in [3.8, 4) is 0 Å². The summed E-state index contributed by atoms with van der Waals surface area (Å²) in [5.74, 6) is -0.502. The van der Waals surface area contributed by atoms with Gasteiger partial charge in [0.2, 0.25) is 0 Å². The van der Waals surface area contributed by atoms with Gasteiger partial charge in [0.15, 0.2) is 5.96 Å². The van der Waals surface area contributed by atoms with Gasteiger partial charge < -0.3 is 20.6 Å². The molecular formula is C21H37F2IN4O. The van der Waals surface area contributed by atoms with Crippen LogP contribution in [0.1, 0.15) is 51.6 Å². The van der Waals surface area contributed by atoms with Gasteiger partial charge in [0.1, 0.15) is 11.6 Å². The van der Waals surface area contributed by atoms with Gasteiger partial charge in [0.25, 0.3) is 0 Å². The summed E-state index contributed by atoms with van der Waals surface area (Å²) in [6, 6.07) is 3.44. The zero-order valence-corrected chi connectivity index (χ0v) is 20.6. The summed E-state index contributed by atoms with van der Waals surface area (Å²) in [5.41, 5.74) is 0.00276. The van der Waals surface area contributed by atoms with E-state index in [4.69, 9.17) is 4.99 Å². The van der Waals surface area contributed by atoms with Crippen molar-refractivity contribution in [3.05, 3.63) is 35.4 Å². The maximum Gasteiger partial charge on any atom is 0.191 e. The molecule has 1 unspecified atom stereocenters. The molecule has 168 valence electrons. The van der Waals surface area contributed by atoms with E-state index in [9.17, 15) is 13.9 Å². The molecule has 1 atom stereocenters. The molecule has 0 aliphatic carbocycles. The lowest BCUT2D eigenvalue weighted by Gasteiger charge is -2.30. The molecule has 0 amide bonds. The normalized spacial score (nSPS) is 13.2. The second-order valence-electron chi connectivity index (χ2n) is 7.37. The van der Waals surface area contributed by atoms with Crippen molar-refractivity contribution in [2.45, 2.75) is 46.1 Å². The van der Waals surface area contributed by atoms with Crippen LogP contribution in [0.5, 0.6) is 0 Å². The first-order valence-electron chi connectivity index (χ1n) is 10.1. The first-order chi connectivity index (χ1) is 13.3. The summed E-state index contributed by atoms with van der Waals surface area (Å²) in [4.78, 5) is 6.48. The average Bonchev–Trinajstić information content (AvgIpc) is 2.66. The molecule has 0 saturated carbocycles. The number of benzene rings is 1. The minimum Gasteiger partial charge on any atom is -0.396 e. The fourth-order valence-corrected chi connectivity index (χ4v) is 3.30. The molecule has 3 N–H and O–H groups in total. The van der Waals surface area contributed by atoms with E-state index in [1.165, 1.54) is 18.2 Å². The lowest BCUT2D eigenvalue weighted by Crippen LogP contribution is -2.43. The van der Waals surface area contributed by atoms with Crippen LogP contribution in [0.3, 0.4) is 0 Å². The number of likely N-dealkylation sites (N-methyl/N-ethyl adjacent to an activating group) is 1.